The molecule has 0 aromatic heterocycles. The number of aliphatic hydroxyl groups excluding tert-OH is 4. The Morgan fingerprint density at radius 1 is 1.23 bits per heavy atom. The lowest BCUT2D eigenvalue weighted by Crippen LogP contribution is -2.54. The smallest absolute Gasteiger partial charge is 0.186 e. The zero-order valence-corrected chi connectivity index (χ0v) is 15.2. The lowest BCUT2D eigenvalue weighted by Gasteiger charge is -2.36. The third-order valence-corrected chi connectivity index (χ3v) is 5.48. The van der Waals surface area contributed by atoms with Gasteiger partial charge in [-0.25, -0.2) is 0 Å². The summed E-state index contributed by atoms with van der Waals surface area (Å²) in [6, 6.07) is 1.89. The molecule has 0 radical (unpaired) electrons. The van der Waals surface area contributed by atoms with E-state index in [1.165, 1.54) is 0 Å². The molecule has 1 aromatic rings. The van der Waals surface area contributed by atoms with Gasteiger partial charge in [-0.15, -0.1) is 0 Å². The molecular formula is C19H26O7. The zero-order chi connectivity index (χ0) is 19.2. The van der Waals surface area contributed by atoms with Gasteiger partial charge in [0.25, 0.3) is 0 Å². The fourth-order valence-corrected chi connectivity index (χ4v) is 3.97. The van der Waals surface area contributed by atoms with Gasteiger partial charge in [-0.1, -0.05) is 13.0 Å². The molecule has 7 heteroatoms. The fraction of sp³-hybridized carbons (Fsp3) is 0.632. The molecule has 144 valence electrons. The molecule has 1 heterocycles. The van der Waals surface area contributed by atoms with Crippen molar-refractivity contribution in [2.45, 2.75) is 57.9 Å². The van der Waals surface area contributed by atoms with E-state index in [0.29, 0.717) is 12.0 Å². The van der Waals surface area contributed by atoms with E-state index in [0.717, 1.165) is 22.3 Å². The summed E-state index contributed by atoms with van der Waals surface area (Å²) in [5.74, 6) is -0.514. The largest absolute Gasteiger partial charge is 0.396 e. The molecule has 0 amide bonds. The summed E-state index contributed by atoms with van der Waals surface area (Å²) < 4.78 is 11.2. The summed E-state index contributed by atoms with van der Waals surface area (Å²) in [7, 11) is 0. The van der Waals surface area contributed by atoms with Gasteiger partial charge in [0.2, 0.25) is 0 Å². The second-order valence-corrected chi connectivity index (χ2v) is 7.19. The minimum atomic E-state index is -1.40. The predicted octanol–water partition coefficient (Wildman–Crippen LogP) is 0.167. The highest BCUT2D eigenvalue weighted by atomic mass is 16.7. The lowest BCUT2D eigenvalue weighted by atomic mass is 9.92. The molecule has 7 nitrogen and oxygen atoms in total. The Hall–Kier alpha value is -1.35. The molecule has 0 spiro atoms. The van der Waals surface area contributed by atoms with Crippen LogP contribution in [0.5, 0.6) is 0 Å². The lowest BCUT2D eigenvalue weighted by molar-refractivity contribution is -0.285. The van der Waals surface area contributed by atoms with Crippen molar-refractivity contribution in [2.75, 3.05) is 13.2 Å². The number of aryl methyl sites for hydroxylation is 1. The van der Waals surface area contributed by atoms with E-state index >= 15 is 0 Å². The number of carbonyl (C=O) groups is 1. The maximum Gasteiger partial charge on any atom is 0.186 e. The summed E-state index contributed by atoms with van der Waals surface area (Å²) in [4.78, 5) is 12.8. The minimum Gasteiger partial charge on any atom is -0.396 e. The van der Waals surface area contributed by atoms with E-state index in [4.69, 9.17) is 9.47 Å². The number of fused-ring (bicyclic) bond motifs is 1. The highest BCUT2D eigenvalue weighted by Crippen LogP contribution is 2.43. The van der Waals surface area contributed by atoms with Crippen LogP contribution in [-0.2, 0) is 15.9 Å². The Balaban J connectivity index is 1.93. The molecule has 4 N–H and O–H groups in total. The van der Waals surface area contributed by atoms with Gasteiger partial charge in [0.1, 0.15) is 18.3 Å². The molecule has 3 rings (SSSR count). The maximum atomic E-state index is 12.8. The van der Waals surface area contributed by atoms with E-state index in [2.05, 4.69) is 0 Å². The van der Waals surface area contributed by atoms with Crippen molar-refractivity contribution in [3.8, 4) is 0 Å². The van der Waals surface area contributed by atoms with Crippen LogP contribution in [0.3, 0.4) is 0 Å². The molecule has 0 unspecified atom stereocenters. The Morgan fingerprint density at radius 3 is 2.58 bits per heavy atom. The SMILES string of the molecule is Cc1cc2c(c(C)c1CCO)C(=O)[C@@H](C)[C@@H]2O[C@@H]1OC[C@H](O)[C@H](O)[C@H]1O. The summed E-state index contributed by atoms with van der Waals surface area (Å²) in [5.41, 5.74) is 4.10. The summed E-state index contributed by atoms with van der Waals surface area (Å²) in [6.45, 7) is 5.41. The fourth-order valence-electron chi connectivity index (χ4n) is 3.97. The zero-order valence-electron chi connectivity index (χ0n) is 15.2. The number of carbonyl (C=O) groups excluding carboxylic acids is 1. The predicted molar refractivity (Wildman–Crippen MR) is 91.8 cm³/mol. The van der Waals surface area contributed by atoms with Crippen molar-refractivity contribution in [3.05, 3.63) is 33.9 Å². The monoisotopic (exact) mass is 366 g/mol. The number of ketones is 1. The van der Waals surface area contributed by atoms with E-state index in [1.54, 1.807) is 6.92 Å². The van der Waals surface area contributed by atoms with Crippen molar-refractivity contribution in [1.29, 1.82) is 0 Å². The molecular weight excluding hydrogens is 340 g/mol. The van der Waals surface area contributed by atoms with E-state index in [1.807, 2.05) is 19.9 Å². The average Bonchev–Trinajstić information content (AvgIpc) is 2.83. The van der Waals surface area contributed by atoms with Crippen LogP contribution in [0.4, 0.5) is 0 Å². The number of hydrogen-bond acceptors (Lipinski definition) is 7. The van der Waals surface area contributed by atoms with Gasteiger partial charge in [0.05, 0.1) is 18.6 Å². The Labute approximate surface area is 152 Å². The number of ether oxygens (including phenoxy) is 2. The maximum absolute atomic E-state index is 12.8. The van der Waals surface area contributed by atoms with Crippen LogP contribution in [0, 0.1) is 19.8 Å². The van der Waals surface area contributed by atoms with Crippen LogP contribution in [0.1, 0.15) is 45.6 Å². The molecule has 1 saturated heterocycles. The molecule has 2 aliphatic rings. The summed E-state index contributed by atoms with van der Waals surface area (Å²) >= 11 is 0. The van der Waals surface area contributed by atoms with Gasteiger partial charge < -0.3 is 29.9 Å². The van der Waals surface area contributed by atoms with Gasteiger partial charge in [-0.3, -0.25) is 4.79 Å². The third kappa shape index (κ3) is 3.09. The molecule has 1 aliphatic heterocycles. The number of rotatable bonds is 4. The van der Waals surface area contributed by atoms with Crippen LogP contribution in [0.25, 0.3) is 0 Å². The highest BCUT2D eigenvalue weighted by Gasteiger charge is 2.45. The van der Waals surface area contributed by atoms with Crippen molar-refractivity contribution in [3.63, 3.8) is 0 Å². The Bertz CT molecular complexity index is 702. The average molecular weight is 366 g/mol. The molecule has 0 bridgehead atoms. The first-order valence-corrected chi connectivity index (χ1v) is 8.87. The van der Waals surface area contributed by atoms with Crippen molar-refractivity contribution >= 4 is 5.78 Å². The second-order valence-electron chi connectivity index (χ2n) is 7.19. The van der Waals surface area contributed by atoms with E-state index in [9.17, 15) is 25.2 Å². The van der Waals surface area contributed by atoms with Crippen LogP contribution in [0.15, 0.2) is 6.07 Å². The molecule has 6 atom stereocenters. The first-order chi connectivity index (χ1) is 12.3. The second kappa shape index (κ2) is 7.34. The standard InChI is InChI=1S/C19H26O7/c1-8-6-12-14(9(2)11(8)4-5-20)15(22)10(3)18(12)26-19-17(24)16(23)13(21)7-25-19/h6,10,13,16-21,23-24H,4-5,7H2,1-3H3/t10-,13+,16+,17-,18+,19+/m1/s1. The molecule has 1 fully saturated rings. The van der Waals surface area contributed by atoms with Crippen molar-refractivity contribution in [2.24, 2.45) is 5.92 Å². The van der Waals surface area contributed by atoms with Crippen molar-refractivity contribution < 1.29 is 34.7 Å². The molecule has 0 saturated carbocycles. The van der Waals surface area contributed by atoms with Crippen LogP contribution >= 0.6 is 0 Å². The molecule has 1 aliphatic carbocycles. The summed E-state index contributed by atoms with van der Waals surface area (Å²) in [5, 5.41) is 38.8. The number of aliphatic hydroxyl groups is 4. The molecule has 26 heavy (non-hydrogen) atoms. The van der Waals surface area contributed by atoms with Crippen LogP contribution in [0.2, 0.25) is 0 Å². The first-order valence-electron chi connectivity index (χ1n) is 8.87. The quantitative estimate of drug-likeness (QED) is 0.600. The van der Waals surface area contributed by atoms with Gasteiger partial charge in [-0.2, -0.15) is 0 Å². The highest BCUT2D eigenvalue weighted by molar-refractivity contribution is 6.04. The van der Waals surface area contributed by atoms with Gasteiger partial charge in [0, 0.05) is 12.2 Å². The van der Waals surface area contributed by atoms with Crippen LogP contribution < -0.4 is 0 Å². The normalized spacial score (nSPS) is 34.2. The summed E-state index contributed by atoms with van der Waals surface area (Å²) in [6.07, 6.45) is -5.20. The Kier molecular flexibility index (Phi) is 5.48. The topological polar surface area (TPSA) is 116 Å². The first kappa shape index (κ1) is 19.4. The number of hydrogen-bond donors (Lipinski definition) is 4. The van der Waals surface area contributed by atoms with E-state index in [-0.39, 0.29) is 19.0 Å². The van der Waals surface area contributed by atoms with Gasteiger partial charge >= 0.3 is 0 Å². The molecule has 1 aromatic carbocycles. The minimum absolute atomic E-state index is 0.00641. The van der Waals surface area contributed by atoms with Crippen LogP contribution in [-0.4, -0.2) is 64.0 Å². The van der Waals surface area contributed by atoms with Gasteiger partial charge in [-0.05, 0) is 42.5 Å². The van der Waals surface area contributed by atoms with Crippen molar-refractivity contribution in [1.82, 2.24) is 0 Å². The Morgan fingerprint density at radius 2 is 1.92 bits per heavy atom. The number of Topliss-reactive ketones (excluding diaryl/α,β-unsaturated/α-hetero) is 1. The third-order valence-electron chi connectivity index (χ3n) is 5.48. The number of benzene rings is 1. The van der Waals surface area contributed by atoms with E-state index < -0.39 is 36.6 Å². The van der Waals surface area contributed by atoms with Gasteiger partial charge in [0.15, 0.2) is 12.1 Å².